The first-order valence-corrected chi connectivity index (χ1v) is 10.8. The molecule has 0 heterocycles. The Bertz CT molecular complexity index is 928. The Morgan fingerprint density at radius 3 is 2.24 bits per heavy atom. The van der Waals surface area contributed by atoms with Crippen LogP contribution in [0.15, 0.2) is 59.5 Å². The van der Waals surface area contributed by atoms with E-state index in [0.717, 1.165) is 5.69 Å². The zero-order valence-corrected chi connectivity index (χ0v) is 17.7. The lowest BCUT2D eigenvalue weighted by Gasteiger charge is -2.27. The fourth-order valence-electron chi connectivity index (χ4n) is 2.66. The Kier molecular flexibility index (Phi) is 7.92. The molecular weight excluding hydrogens is 390 g/mol. The molecule has 29 heavy (non-hydrogen) atoms. The van der Waals surface area contributed by atoms with E-state index in [1.165, 1.54) is 31.2 Å². The fraction of sp³-hybridized carbons (Fsp3) is 0.333. The number of nitrogens with one attached hydrogen (secondary N) is 2. The van der Waals surface area contributed by atoms with Gasteiger partial charge in [-0.3, -0.25) is 9.59 Å². The molecule has 0 fully saturated rings. The minimum absolute atomic E-state index is 0.00840. The average Bonchev–Trinajstić information content (AvgIpc) is 2.72. The van der Waals surface area contributed by atoms with Gasteiger partial charge in [0.1, 0.15) is 0 Å². The van der Waals surface area contributed by atoms with Crippen LogP contribution in [0.25, 0.3) is 0 Å². The quantitative estimate of drug-likeness (QED) is 0.578. The maximum atomic E-state index is 12.3. The summed E-state index contributed by atoms with van der Waals surface area (Å²) in [5, 5.41) is 2.83. The van der Waals surface area contributed by atoms with Crippen LogP contribution in [0.5, 0.6) is 0 Å². The summed E-state index contributed by atoms with van der Waals surface area (Å²) in [7, 11) is -1.77. The number of nitrogens with zero attached hydrogens (tertiary/aromatic N) is 1. The van der Waals surface area contributed by atoms with Crippen LogP contribution in [0, 0.1) is 0 Å². The lowest BCUT2D eigenvalue weighted by atomic mass is 10.2. The molecule has 2 N–H and O–H groups in total. The van der Waals surface area contributed by atoms with E-state index in [1.54, 1.807) is 0 Å². The van der Waals surface area contributed by atoms with E-state index in [4.69, 9.17) is 0 Å². The SMILES string of the molecule is CC(=O)c1ccc(S(=O)(=O)NCCC(=O)NCC(C)N(C)c2ccccc2)cc1. The second kappa shape index (κ2) is 10.2. The summed E-state index contributed by atoms with van der Waals surface area (Å²) in [4.78, 5) is 25.4. The van der Waals surface area contributed by atoms with Crippen LogP contribution in [-0.2, 0) is 14.8 Å². The number of sulfonamides is 1. The number of ketones is 1. The third-order valence-corrected chi connectivity index (χ3v) is 6.11. The number of anilines is 1. The first-order chi connectivity index (χ1) is 13.7. The number of carbonyl (C=O) groups excluding carboxylic acids is 2. The standard InChI is InChI=1S/C21H27N3O4S/c1-16(24(3)19-7-5-4-6-8-19)15-22-21(26)13-14-23-29(27,28)20-11-9-18(10-12-20)17(2)25/h4-12,16,23H,13-15H2,1-3H3,(H,22,26). The van der Waals surface area contributed by atoms with Crippen molar-refractivity contribution in [2.45, 2.75) is 31.2 Å². The summed E-state index contributed by atoms with van der Waals surface area (Å²) in [5.41, 5.74) is 1.50. The molecular formula is C21H27N3O4S. The van der Waals surface area contributed by atoms with Gasteiger partial charge in [0.2, 0.25) is 15.9 Å². The summed E-state index contributed by atoms with van der Waals surface area (Å²) in [6.07, 6.45) is 0.0343. The highest BCUT2D eigenvalue weighted by molar-refractivity contribution is 7.89. The van der Waals surface area contributed by atoms with E-state index in [2.05, 4.69) is 14.9 Å². The molecule has 8 heteroatoms. The van der Waals surface area contributed by atoms with Crippen molar-refractivity contribution in [3.8, 4) is 0 Å². The smallest absolute Gasteiger partial charge is 0.240 e. The molecule has 0 spiro atoms. The molecule has 0 radical (unpaired) electrons. The molecule has 0 aliphatic heterocycles. The summed E-state index contributed by atoms with van der Waals surface area (Å²) in [6.45, 7) is 3.86. The Balaban J connectivity index is 1.78. The van der Waals surface area contributed by atoms with Crippen molar-refractivity contribution in [1.29, 1.82) is 0 Å². The number of Topliss-reactive ketones (excluding diaryl/α,β-unsaturated/α-hetero) is 1. The van der Waals surface area contributed by atoms with Gasteiger partial charge in [-0.25, -0.2) is 13.1 Å². The molecule has 7 nitrogen and oxygen atoms in total. The predicted octanol–water partition coefficient (Wildman–Crippen LogP) is 2.20. The monoisotopic (exact) mass is 417 g/mol. The minimum Gasteiger partial charge on any atom is -0.370 e. The molecule has 156 valence electrons. The van der Waals surface area contributed by atoms with Crippen molar-refractivity contribution in [1.82, 2.24) is 10.0 Å². The number of amides is 1. The van der Waals surface area contributed by atoms with Crippen LogP contribution in [0.4, 0.5) is 5.69 Å². The van der Waals surface area contributed by atoms with E-state index in [1.807, 2.05) is 44.3 Å². The first kappa shape index (κ1) is 22.6. The Morgan fingerprint density at radius 1 is 1.03 bits per heavy atom. The molecule has 1 unspecified atom stereocenters. The van der Waals surface area contributed by atoms with Crippen LogP contribution < -0.4 is 14.9 Å². The minimum atomic E-state index is -3.73. The maximum Gasteiger partial charge on any atom is 0.240 e. The Hall–Kier alpha value is -2.71. The van der Waals surface area contributed by atoms with Gasteiger partial charge in [-0.05, 0) is 38.1 Å². The topological polar surface area (TPSA) is 95.6 Å². The lowest BCUT2D eigenvalue weighted by molar-refractivity contribution is -0.120. The molecule has 2 aromatic carbocycles. The summed E-state index contributed by atoms with van der Waals surface area (Å²) in [6, 6.07) is 15.6. The van der Waals surface area contributed by atoms with Crippen LogP contribution in [0.1, 0.15) is 30.6 Å². The largest absolute Gasteiger partial charge is 0.370 e. The van der Waals surface area contributed by atoms with Gasteiger partial charge in [0.15, 0.2) is 5.78 Å². The number of hydrogen-bond donors (Lipinski definition) is 2. The molecule has 2 rings (SSSR count). The molecule has 0 aliphatic carbocycles. The van der Waals surface area contributed by atoms with Crippen LogP contribution in [-0.4, -0.2) is 46.3 Å². The van der Waals surface area contributed by atoms with Gasteiger partial charge >= 0.3 is 0 Å². The normalized spacial score (nSPS) is 12.2. The highest BCUT2D eigenvalue weighted by Gasteiger charge is 2.15. The van der Waals surface area contributed by atoms with Crippen molar-refractivity contribution < 1.29 is 18.0 Å². The van der Waals surface area contributed by atoms with Gasteiger partial charge in [0.25, 0.3) is 0 Å². The molecule has 0 saturated heterocycles. The number of benzene rings is 2. The number of likely N-dealkylation sites (N-methyl/N-ethyl adjacent to an activating group) is 1. The second-order valence-electron chi connectivity index (χ2n) is 6.83. The van der Waals surface area contributed by atoms with Crippen molar-refractivity contribution in [2.24, 2.45) is 0 Å². The highest BCUT2D eigenvalue weighted by Crippen LogP contribution is 2.13. The number of para-hydroxylation sites is 1. The number of carbonyl (C=O) groups is 2. The van der Waals surface area contributed by atoms with Gasteiger partial charge in [-0.1, -0.05) is 30.3 Å². The van der Waals surface area contributed by atoms with E-state index in [9.17, 15) is 18.0 Å². The maximum absolute atomic E-state index is 12.3. The summed E-state index contributed by atoms with van der Waals surface area (Å²) in [5.74, 6) is -0.362. The second-order valence-corrected chi connectivity index (χ2v) is 8.59. The van der Waals surface area contributed by atoms with Gasteiger partial charge < -0.3 is 10.2 Å². The molecule has 1 amide bonds. The molecule has 0 saturated carbocycles. The van der Waals surface area contributed by atoms with Gasteiger partial charge in [-0.15, -0.1) is 0 Å². The van der Waals surface area contributed by atoms with Crippen LogP contribution in [0.2, 0.25) is 0 Å². The summed E-state index contributed by atoms with van der Waals surface area (Å²) >= 11 is 0. The predicted molar refractivity (Wildman–Crippen MR) is 114 cm³/mol. The Labute approximate surface area is 172 Å². The number of hydrogen-bond acceptors (Lipinski definition) is 5. The zero-order valence-electron chi connectivity index (χ0n) is 16.9. The van der Waals surface area contributed by atoms with Crippen molar-refractivity contribution in [3.05, 3.63) is 60.2 Å². The van der Waals surface area contributed by atoms with Crippen molar-refractivity contribution in [2.75, 3.05) is 25.0 Å². The first-order valence-electron chi connectivity index (χ1n) is 9.36. The molecule has 0 aromatic heterocycles. The fourth-order valence-corrected chi connectivity index (χ4v) is 3.69. The van der Waals surface area contributed by atoms with Gasteiger partial charge in [-0.2, -0.15) is 0 Å². The Morgan fingerprint density at radius 2 is 1.66 bits per heavy atom. The van der Waals surface area contributed by atoms with Crippen molar-refractivity contribution in [3.63, 3.8) is 0 Å². The van der Waals surface area contributed by atoms with Gasteiger partial charge in [0.05, 0.1) is 4.90 Å². The average molecular weight is 418 g/mol. The molecule has 2 aromatic rings. The van der Waals surface area contributed by atoms with E-state index in [-0.39, 0.29) is 35.6 Å². The summed E-state index contributed by atoms with van der Waals surface area (Å²) < 4.78 is 27.0. The lowest BCUT2D eigenvalue weighted by Crippen LogP contribution is -2.41. The van der Waals surface area contributed by atoms with Crippen LogP contribution >= 0.6 is 0 Å². The van der Waals surface area contributed by atoms with E-state index < -0.39 is 10.0 Å². The third kappa shape index (κ3) is 6.69. The highest BCUT2D eigenvalue weighted by atomic mass is 32.2. The zero-order chi connectivity index (χ0) is 21.4. The number of rotatable bonds is 10. The van der Waals surface area contributed by atoms with E-state index >= 15 is 0 Å². The van der Waals surface area contributed by atoms with Crippen molar-refractivity contribution >= 4 is 27.4 Å². The van der Waals surface area contributed by atoms with Gasteiger partial charge in [0, 0.05) is 43.9 Å². The molecule has 0 aliphatic rings. The van der Waals surface area contributed by atoms with E-state index in [0.29, 0.717) is 12.1 Å². The third-order valence-electron chi connectivity index (χ3n) is 4.63. The molecule has 0 bridgehead atoms. The molecule has 1 atom stereocenters. The van der Waals surface area contributed by atoms with Crippen LogP contribution in [0.3, 0.4) is 0 Å².